The molecule has 0 radical (unpaired) electrons. The van der Waals surface area contributed by atoms with E-state index < -0.39 is 0 Å². The highest BCUT2D eigenvalue weighted by atomic mass is 79.9. The predicted octanol–water partition coefficient (Wildman–Crippen LogP) is 1.91. The SMILES string of the molecule is CC(C)Cn1ncnc1Cn1cc(Br)ccc1=O. The average Bonchev–Trinajstić information content (AvgIpc) is 2.70. The first kappa shape index (κ1) is 13.0. The molecule has 0 fully saturated rings. The van der Waals surface area contributed by atoms with Crippen LogP contribution in [0.3, 0.4) is 0 Å². The number of nitrogens with zero attached hydrogens (tertiary/aromatic N) is 4. The molecule has 2 heterocycles. The summed E-state index contributed by atoms with van der Waals surface area (Å²) in [7, 11) is 0. The van der Waals surface area contributed by atoms with Crippen LogP contribution in [0.1, 0.15) is 19.7 Å². The van der Waals surface area contributed by atoms with Gasteiger partial charge in [0.1, 0.15) is 12.2 Å². The Morgan fingerprint density at radius 2 is 2.17 bits per heavy atom. The summed E-state index contributed by atoms with van der Waals surface area (Å²) in [6, 6.07) is 3.27. The predicted molar refractivity (Wildman–Crippen MR) is 72.4 cm³/mol. The van der Waals surface area contributed by atoms with Crippen molar-refractivity contribution in [2.24, 2.45) is 5.92 Å². The molecule has 0 N–H and O–H groups in total. The molecule has 0 aromatic carbocycles. The van der Waals surface area contributed by atoms with E-state index in [1.54, 1.807) is 16.8 Å². The average molecular weight is 311 g/mol. The zero-order chi connectivity index (χ0) is 13.1. The Hall–Kier alpha value is -1.43. The maximum Gasteiger partial charge on any atom is 0.250 e. The minimum atomic E-state index is -0.0442. The van der Waals surface area contributed by atoms with E-state index in [-0.39, 0.29) is 5.56 Å². The molecule has 0 bridgehead atoms. The van der Waals surface area contributed by atoms with Gasteiger partial charge in [0.15, 0.2) is 0 Å². The molecule has 0 saturated carbocycles. The van der Waals surface area contributed by atoms with Crippen LogP contribution in [0.15, 0.2) is 33.9 Å². The topological polar surface area (TPSA) is 52.7 Å². The van der Waals surface area contributed by atoms with Crippen LogP contribution in [0.2, 0.25) is 0 Å². The van der Waals surface area contributed by atoms with Crippen LogP contribution in [0.25, 0.3) is 0 Å². The summed E-state index contributed by atoms with van der Waals surface area (Å²) in [5.74, 6) is 1.29. The fraction of sp³-hybridized carbons (Fsp3) is 0.417. The van der Waals surface area contributed by atoms with E-state index >= 15 is 0 Å². The summed E-state index contributed by atoms with van der Waals surface area (Å²) in [4.78, 5) is 15.9. The minimum absolute atomic E-state index is 0.0442. The molecule has 96 valence electrons. The Labute approximate surface area is 114 Å². The second-order valence-corrected chi connectivity index (χ2v) is 5.48. The Kier molecular flexibility index (Phi) is 3.96. The molecule has 0 unspecified atom stereocenters. The normalized spacial score (nSPS) is 11.1. The summed E-state index contributed by atoms with van der Waals surface area (Å²) in [6.07, 6.45) is 3.29. The van der Waals surface area contributed by atoms with Gasteiger partial charge in [0.25, 0.3) is 5.56 Å². The molecular formula is C12H15BrN4O. The first-order valence-electron chi connectivity index (χ1n) is 5.79. The lowest BCUT2D eigenvalue weighted by molar-refractivity contribution is 0.459. The zero-order valence-electron chi connectivity index (χ0n) is 10.4. The number of pyridine rings is 1. The van der Waals surface area contributed by atoms with E-state index in [0.29, 0.717) is 12.5 Å². The first-order chi connectivity index (χ1) is 8.56. The van der Waals surface area contributed by atoms with E-state index in [2.05, 4.69) is 39.9 Å². The third-order valence-electron chi connectivity index (χ3n) is 2.49. The van der Waals surface area contributed by atoms with Gasteiger partial charge in [-0.2, -0.15) is 5.10 Å². The van der Waals surface area contributed by atoms with E-state index in [4.69, 9.17) is 0 Å². The van der Waals surface area contributed by atoms with Crippen molar-refractivity contribution in [3.8, 4) is 0 Å². The summed E-state index contributed by atoms with van der Waals surface area (Å²) in [5.41, 5.74) is -0.0442. The molecule has 0 aliphatic heterocycles. The lowest BCUT2D eigenvalue weighted by Gasteiger charge is -2.09. The summed E-state index contributed by atoms with van der Waals surface area (Å²) >= 11 is 3.36. The molecule has 5 nitrogen and oxygen atoms in total. The van der Waals surface area contributed by atoms with Gasteiger partial charge in [-0.15, -0.1) is 0 Å². The molecule has 0 atom stereocenters. The van der Waals surface area contributed by atoms with E-state index in [1.807, 2.05) is 4.68 Å². The lowest BCUT2D eigenvalue weighted by atomic mass is 10.2. The van der Waals surface area contributed by atoms with Crippen molar-refractivity contribution in [2.45, 2.75) is 26.9 Å². The molecule has 2 aromatic heterocycles. The quantitative estimate of drug-likeness (QED) is 0.867. The number of hydrogen-bond donors (Lipinski definition) is 0. The monoisotopic (exact) mass is 310 g/mol. The fourth-order valence-corrected chi connectivity index (χ4v) is 2.07. The van der Waals surface area contributed by atoms with Crippen molar-refractivity contribution in [3.63, 3.8) is 0 Å². The first-order valence-corrected chi connectivity index (χ1v) is 6.58. The number of rotatable bonds is 4. The highest BCUT2D eigenvalue weighted by Gasteiger charge is 2.07. The van der Waals surface area contributed by atoms with Gasteiger partial charge in [0.2, 0.25) is 0 Å². The molecule has 6 heteroatoms. The smallest absolute Gasteiger partial charge is 0.250 e. The molecule has 0 saturated heterocycles. The van der Waals surface area contributed by atoms with Crippen molar-refractivity contribution >= 4 is 15.9 Å². The van der Waals surface area contributed by atoms with Gasteiger partial charge in [0, 0.05) is 23.3 Å². The highest BCUT2D eigenvalue weighted by Crippen LogP contribution is 2.07. The number of aromatic nitrogens is 4. The lowest BCUT2D eigenvalue weighted by Crippen LogP contribution is -2.22. The largest absolute Gasteiger partial charge is 0.307 e. The van der Waals surface area contributed by atoms with Crippen LogP contribution in [0.4, 0.5) is 0 Å². The molecular weight excluding hydrogens is 296 g/mol. The van der Waals surface area contributed by atoms with Crippen LogP contribution < -0.4 is 5.56 Å². The van der Waals surface area contributed by atoms with Crippen molar-refractivity contribution in [3.05, 3.63) is 45.3 Å². The Bertz CT molecular complexity index is 588. The molecule has 0 aliphatic rings. The van der Waals surface area contributed by atoms with Gasteiger partial charge in [-0.25, -0.2) is 9.67 Å². The van der Waals surface area contributed by atoms with Crippen LogP contribution in [-0.2, 0) is 13.1 Å². The second-order valence-electron chi connectivity index (χ2n) is 4.57. The van der Waals surface area contributed by atoms with Crippen molar-refractivity contribution in [1.29, 1.82) is 0 Å². The fourth-order valence-electron chi connectivity index (χ4n) is 1.69. The Balaban J connectivity index is 2.26. The Morgan fingerprint density at radius 3 is 2.89 bits per heavy atom. The molecule has 2 rings (SSSR count). The van der Waals surface area contributed by atoms with Crippen LogP contribution in [0, 0.1) is 5.92 Å². The Morgan fingerprint density at radius 1 is 1.39 bits per heavy atom. The van der Waals surface area contributed by atoms with Crippen molar-refractivity contribution in [1.82, 2.24) is 19.3 Å². The van der Waals surface area contributed by atoms with Crippen LogP contribution >= 0.6 is 15.9 Å². The second kappa shape index (κ2) is 5.48. The van der Waals surface area contributed by atoms with Crippen molar-refractivity contribution in [2.75, 3.05) is 0 Å². The highest BCUT2D eigenvalue weighted by molar-refractivity contribution is 9.10. The maximum atomic E-state index is 11.7. The van der Waals surface area contributed by atoms with E-state index in [9.17, 15) is 4.79 Å². The van der Waals surface area contributed by atoms with Gasteiger partial charge in [-0.1, -0.05) is 13.8 Å². The third-order valence-corrected chi connectivity index (χ3v) is 2.96. The van der Waals surface area contributed by atoms with Crippen LogP contribution in [-0.4, -0.2) is 19.3 Å². The molecule has 0 amide bonds. The molecule has 0 aliphatic carbocycles. The molecule has 2 aromatic rings. The third kappa shape index (κ3) is 3.07. The summed E-state index contributed by atoms with van der Waals surface area (Å²) < 4.78 is 4.33. The van der Waals surface area contributed by atoms with Gasteiger partial charge >= 0.3 is 0 Å². The molecule has 0 spiro atoms. The van der Waals surface area contributed by atoms with Gasteiger partial charge in [-0.3, -0.25) is 4.79 Å². The van der Waals surface area contributed by atoms with Gasteiger partial charge in [0.05, 0.1) is 6.54 Å². The van der Waals surface area contributed by atoms with E-state index in [0.717, 1.165) is 16.8 Å². The van der Waals surface area contributed by atoms with Gasteiger partial charge < -0.3 is 4.57 Å². The minimum Gasteiger partial charge on any atom is -0.307 e. The van der Waals surface area contributed by atoms with E-state index in [1.165, 1.54) is 12.4 Å². The standard InChI is InChI=1S/C12H15BrN4O/c1-9(2)5-17-11(14-8-15-17)7-16-6-10(13)3-4-12(16)18/h3-4,6,8-9H,5,7H2,1-2H3. The summed E-state index contributed by atoms with van der Waals surface area (Å²) in [6.45, 7) is 5.48. The van der Waals surface area contributed by atoms with Crippen molar-refractivity contribution < 1.29 is 0 Å². The van der Waals surface area contributed by atoms with Crippen LogP contribution in [0.5, 0.6) is 0 Å². The maximum absolute atomic E-state index is 11.7. The summed E-state index contributed by atoms with van der Waals surface area (Å²) in [5, 5.41) is 4.18. The number of halogens is 1. The zero-order valence-corrected chi connectivity index (χ0v) is 12.0. The van der Waals surface area contributed by atoms with Gasteiger partial charge in [-0.05, 0) is 27.9 Å². The molecule has 18 heavy (non-hydrogen) atoms. The number of hydrogen-bond acceptors (Lipinski definition) is 3.